The maximum atomic E-state index is 14.5. The average molecular weight is 860 g/mol. The zero-order valence-electron chi connectivity index (χ0n) is 34.4. The largest absolute Gasteiger partial charge is 0.496 e. The van der Waals surface area contributed by atoms with Crippen LogP contribution in [-0.4, -0.2) is 98.0 Å². The summed E-state index contributed by atoms with van der Waals surface area (Å²) >= 11 is 6.78. The number of esters is 1. The highest BCUT2D eigenvalue weighted by Crippen LogP contribution is 2.49. The minimum absolute atomic E-state index is 0.0252. The van der Waals surface area contributed by atoms with Crippen molar-refractivity contribution in [3.63, 3.8) is 0 Å². The van der Waals surface area contributed by atoms with Gasteiger partial charge >= 0.3 is 12.1 Å². The Morgan fingerprint density at radius 1 is 1.19 bits per heavy atom. The molecule has 0 spiro atoms. The molecule has 2 saturated heterocycles. The molecule has 0 aromatic heterocycles. The minimum Gasteiger partial charge on any atom is -0.496 e. The van der Waals surface area contributed by atoms with Crippen molar-refractivity contribution in [2.45, 2.75) is 96.0 Å². The summed E-state index contributed by atoms with van der Waals surface area (Å²) in [5.74, 6) is -0.872. The summed E-state index contributed by atoms with van der Waals surface area (Å²) in [5.41, 5.74) is 0.996. The number of hydrogen-bond acceptors (Lipinski definition) is 12. The Morgan fingerprint density at radius 3 is 2.59 bits per heavy atom. The van der Waals surface area contributed by atoms with Crippen LogP contribution in [0.5, 0.6) is 5.75 Å². The molecule has 0 aliphatic carbocycles. The molecule has 2 aromatic carbocycles. The van der Waals surface area contributed by atoms with E-state index < -0.39 is 59.6 Å². The molecule has 5 rings (SSSR count). The molecule has 0 saturated carbocycles. The van der Waals surface area contributed by atoms with Gasteiger partial charge in [0.25, 0.3) is 0 Å². The first-order valence-corrected chi connectivity index (χ1v) is 22.2. The lowest BCUT2D eigenvalue weighted by Crippen LogP contribution is -2.63. The number of benzene rings is 2. The first-order valence-electron chi connectivity index (χ1n) is 19.1. The number of ether oxygens (including phenoxy) is 5. The number of allylic oxidation sites excluding steroid dienone is 3. The number of aliphatic hydroxyl groups is 1. The number of epoxide rings is 1. The highest BCUT2D eigenvalue weighted by molar-refractivity contribution is 8.76. The Morgan fingerprint density at radius 2 is 1.93 bits per heavy atom. The first-order chi connectivity index (χ1) is 27.4. The minimum atomic E-state index is -1.81. The van der Waals surface area contributed by atoms with Crippen LogP contribution >= 0.6 is 33.2 Å². The molecule has 58 heavy (non-hydrogen) atoms. The van der Waals surface area contributed by atoms with Gasteiger partial charge in [-0.1, -0.05) is 83.8 Å². The van der Waals surface area contributed by atoms with E-state index in [-0.39, 0.29) is 24.7 Å². The number of carbonyl (C=O) groups excluding carboxylic acids is 4. The Hall–Kier alpha value is -3.73. The normalized spacial score (nSPS) is 29.0. The Labute approximate surface area is 353 Å². The van der Waals surface area contributed by atoms with Gasteiger partial charge in [0.2, 0.25) is 11.8 Å². The van der Waals surface area contributed by atoms with Gasteiger partial charge in [-0.3, -0.25) is 19.7 Å². The van der Waals surface area contributed by atoms with Gasteiger partial charge in [-0.25, -0.2) is 4.79 Å². The van der Waals surface area contributed by atoms with Gasteiger partial charge in [0.05, 0.1) is 41.9 Å². The number of rotatable bonds is 10. The summed E-state index contributed by atoms with van der Waals surface area (Å²) in [7, 11) is 7.84. The number of anilines is 2. The predicted molar refractivity (Wildman–Crippen MR) is 228 cm³/mol. The van der Waals surface area contributed by atoms with Crippen molar-refractivity contribution >= 4 is 68.4 Å². The lowest BCUT2D eigenvalue weighted by Gasteiger charge is -2.42. The van der Waals surface area contributed by atoms with Gasteiger partial charge in [0.1, 0.15) is 29.7 Å². The van der Waals surface area contributed by atoms with Gasteiger partial charge < -0.3 is 39.0 Å². The Bertz CT molecular complexity index is 1940. The van der Waals surface area contributed by atoms with Crippen molar-refractivity contribution in [1.82, 2.24) is 5.32 Å². The summed E-state index contributed by atoms with van der Waals surface area (Å²) in [6.07, 6.45) is 3.59. The number of alkyl carbamates (subject to hydrolysis) is 1. The van der Waals surface area contributed by atoms with Crippen molar-refractivity contribution in [3.05, 3.63) is 64.7 Å². The molecule has 7 atom stereocenters. The fraction of sp³-hybridized carbons (Fsp3) is 0.524. The summed E-state index contributed by atoms with van der Waals surface area (Å²) in [5, 5.41) is 17.5. The second-order valence-electron chi connectivity index (χ2n) is 15.4. The molecular formula is C42H54ClN3O10S2. The van der Waals surface area contributed by atoms with E-state index in [1.54, 1.807) is 80.8 Å². The van der Waals surface area contributed by atoms with Crippen LogP contribution in [0.3, 0.4) is 0 Å². The van der Waals surface area contributed by atoms with E-state index in [0.29, 0.717) is 51.9 Å². The van der Waals surface area contributed by atoms with E-state index in [9.17, 15) is 24.3 Å². The number of nitrogens with zero attached hydrogens (tertiary/aromatic N) is 1. The smallest absolute Gasteiger partial charge is 0.409 e. The molecule has 16 heteroatoms. The SMILES string of the molecule is COc1cc2cc(c1-c1ccc(NC(=O)CCSSC)c(Cl)c1)N(C)C(=O)C[C@H](OC(=O)C(C)C)[C@]1(C)O[C@H]1[C@H](C)[C@@H]1CC(O)(NC(=O)O1)[C@H](OC)/C=C/C=C(\C)C2. The maximum Gasteiger partial charge on any atom is 0.409 e. The van der Waals surface area contributed by atoms with E-state index in [2.05, 4.69) is 10.6 Å². The summed E-state index contributed by atoms with van der Waals surface area (Å²) in [4.78, 5) is 54.7. The van der Waals surface area contributed by atoms with Crippen LogP contribution in [0.1, 0.15) is 59.4 Å². The van der Waals surface area contributed by atoms with E-state index in [4.69, 9.17) is 35.3 Å². The van der Waals surface area contributed by atoms with E-state index in [1.807, 2.05) is 44.4 Å². The standard InChI is InChI=1S/C42H54ClN3O10S2/c1-23(2)39(49)55-34-21-36(48)46(6)30-18-26(19-31(52-7)37(30)27-13-14-29(28(43)20-27)44-35(47)15-16-58-57-9)17-24(3)11-10-12-33(53-8)42(51)22-32(54-40(50)45-42)25(4)38-41(34,5)56-38/h10-14,18-20,23,25,32-34,38,51H,15-17,21-22H2,1-9H3,(H,44,47)(H,45,50)/b12-10+,24-11+/t25-,32+,33-,34+,38+,41+,42?/m1/s1. The van der Waals surface area contributed by atoms with Crippen LogP contribution in [0.15, 0.2) is 54.1 Å². The molecule has 2 fully saturated rings. The molecule has 3 aliphatic rings. The van der Waals surface area contributed by atoms with Crippen LogP contribution in [-0.2, 0) is 39.8 Å². The quantitative estimate of drug-likeness (QED) is 0.0945. The highest BCUT2D eigenvalue weighted by Gasteiger charge is 2.64. The van der Waals surface area contributed by atoms with Crippen molar-refractivity contribution in [3.8, 4) is 16.9 Å². The summed E-state index contributed by atoms with van der Waals surface area (Å²) in [6, 6.07) is 9.06. The van der Waals surface area contributed by atoms with Gasteiger partial charge in [-0.2, -0.15) is 0 Å². The lowest BCUT2D eigenvalue weighted by molar-refractivity contribution is -0.157. The first kappa shape index (κ1) is 45.4. The third kappa shape index (κ3) is 10.3. The maximum absolute atomic E-state index is 14.5. The van der Waals surface area contributed by atoms with Gasteiger partial charge in [-0.15, -0.1) is 0 Å². The average Bonchev–Trinajstić information content (AvgIpc) is 3.87. The molecule has 2 aromatic rings. The second kappa shape index (κ2) is 19.1. The molecule has 316 valence electrons. The lowest BCUT2D eigenvalue weighted by atomic mass is 9.83. The molecule has 3 heterocycles. The number of fused-ring (bicyclic) bond motifs is 5. The molecule has 1 unspecified atom stereocenters. The van der Waals surface area contributed by atoms with Gasteiger partial charge in [-0.05, 0) is 61.9 Å². The van der Waals surface area contributed by atoms with Gasteiger partial charge in [0, 0.05) is 44.2 Å². The Kier molecular flexibility index (Phi) is 14.9. The second-order valence-corrected chi connectivity index (χ2v) is 18.5. The van der Waals surface area contributed by atoms with Crippen molar-refractivity contribution in [1.29, 1.82) is 0 Å². The molecular weight excluding hydrogens is 806 g/mol. The van der Waals surface area contributed by atoms with Crippen LogP contribution in [0, 0.1) is 11.8 Å². The molecule has 3 N–H and O–H groups in total. The van der Waals surface area contributed by atoms with Crippen LogP contribution in [0.25, 0.3) is 11.1 Å². The zero-order chi connectivity index (χ0) is 42.5. The van der Waals surface area contributed by atoms with Crippen molar-refractivity contribution < 1.29 is 48.0 Å². The van der Waals surface area contributed by atoms with Crippen LogP contribution in [0.2, 0.25) is 5.02 Å². The summed E-state index contributed by atoms with van der Waals surface area (Å²) in [6.45, 7) is 8.96. The van der Waals surface area contributed by atoms with Crippen LogP contribution < -0.4 is 20.3 Å². The monoisotopic (exact) mass is 859 g/mol. The Balaban J connectivity index is 1.61. The van der Waals surface area contributed by atoms with E-state index in [0.717, 1.165) is 11.1 Å². The number of methoxy groups -OCH3 is 2. The highest BCUT2D eigenvalue weighted by atomic mass is 35.5. The predicted octanol–water partition coefficient (Wildman–Crippen LogP) is 7.33. The number of carbonyl (C=O) groups is 4. The molecule has 13 nitrogen and oxygen atoms in total. The molecule has 3 aliphatic heterocycles. The van der Waals surface area contributed by atoms with E-state index in [1.165, 1.54) is 12.0 Å². The van der Waals surface area contributed by atoms with E-state index >= 15 is 0 Å². The molecule has 4 bridgehead atoms. The third-order valence-corrected chi connectivity index (χ3v) is 12.9. The van der Waals surface area contributed by atoms with Gasteiger partial charge in [0.15, 0.2) is 5.72 Å². The van der Waals surface area contributed by atoms with Crippen molar-refractivity contribution in [2.75, 3.05) is 43.5 Å². The topological polar surface area (TPSA) is 165 Å². The van der Waals surface area contributed by atoms with Crippen molar-refractivity contribution in [2.24, 2.45) is 11.8 Å². The number of halogens is 1. The number of nitrogens with one attached hydrogen (secondary N) is 2. The number of hydrogen-bond donors (Lipinski definition) is 3. The van der Waals surface area contributed by atoms with Crippen LogP contribution in [0.4, 0.5) is 16.2 Å². The number of amides is 3. The zero-order valence-corrected chi connectivity index (χ0v) is 36.8. The molecule has 3 amide bonds. The summed E-state index contributed by atoms with van der Waals surface area (Å²) < 4.78 is 29.7. The molecule has 0 radical (unpaired) electrons. The fourth-order valence-electron chi connectivity index (χ4n) is 7.42. The fourth-order valence-corrected chi connectivity index (χ4v) is 8.84. The third-order valence-electron chi connectivity index (χ3n) is 10.8.